The van der Waals surface area contributed by atoms with E-state index in [0.717, 1.165) is 0 Å². The normalized spacial score (nSPS) is 12.6. The van der Waals surface area contributed by atoms with E-state index in [2.05, 4.69) is 10.3 Å². The van der Waals surface area contributed by atoms with Crippen molar-refractivity contribution in [2.24, 2.45) is 5.41 Å². The van der Waals surface area contributed by atoms with Crippen LogP contribution in [0.4, 0.5) is 0 Å². The monoisotopic (exact) mass is 388 g/mol. The second-order valence-electron chi connectivity index (χ2n) is 6.96. The van der Waals surface area contributed by atoms with Crippen molar-refractivity contribution in [3.8, 4) is 11.6 Å². The van der Waals surface area contributed by atoms with Crippen LogP contribution < -0.4 is 10.1 Å². The number of carboxylic acid groups (broad SMARTS) is 1. The van der Waals surface area contributed by atoms with Gasteiger partial charge in [-0.1, -0.05) is 44.5 Å². The van der Waals surface area contributed by atoms with Gasteiger partial charge in [-0.2, -0.15) is 0 Å². The molecule has 6 nitrogen and oxygen atoms in total. The van der Waals surface area contributed by atoms with Crippen LogP contribution in [0.15, 0.2) is 54.7 Å². The quantitative estimate of drug-likeness (QED) is 0.719. The number of hydrogen-bond donors (Lipinski definition) is 2. The molecular weight excluding hydrogens is 368 g/mol. The van der Waals surface area contributed by atoms with Gasteiger partial charge in [-0.05, 0) is 35.7 Å². The van der Waals surface area contributed by atoms with E-state index >= 15 is 0 Å². The molecule has 27 heavy (non-hydrogen) atoms. The molecule has 0 saturated carbocycles. The predicted molar refractivity (Wildman–Crippen MR) is 103 cm³/mol. The number of nitrogens with zero attached hydrogens (tertiary/aromatic N) is 1. The minimum atomic E-state index is -1.14. The lowest BCUT2D eigenvalue weighted by atomic mass is 9.95. The molecule has 1 atom stereocenters. The van der Waals surface area contributed by atoms with Crippen molar-refractivity contribution in [3.63, 3.8) is 0 Å². The summed E-state index contributed by atoms with van der Waals surface area (Å²) in [7, 11) is 0. The fourth-order valence-corrected chi connectivity index (χ4v) is 2.13. The Balaban J connectivity index is 2.04. The minimum absolute atomic E-state index is 0.194. The third-order valence-electron chi connectivity index (χ3n) is 3.38. The number of benzene rings is 1. The largest absolute Gasteiger partial charge is 0.479 e. The van der Waals surface area contributed by atoms with Crippen LogP contribution in [-0.2, 0) is 4.79 Å². The Morgan fingerprint density at radius 3 is 2.37 bits per heavy atom. The fraction of sp³-hybridized carbons (Fsp3) is 0.250. The molecule has 0 bridgehead atoms. The Morgan fingerprint density at radius 2 is 1.85 bits per heavy atom. The molecule has 7 heteroatoms. The number of hydrogen-bond acceptors (Lipinski definition) is 4. The van der Waals surface area contributed by atoms with Crippen molar-refractivity contribution in [1.82, 2.24) is 10.3 Å². The highest BCUT2D eigenvalue weighted by atomic mass is 35.5. The first kappa shape index (κ1) is 20.5. The van der Waals surface area contributed by atoms with E-state index in [4.69, 9.17) is 16.3 Å². The Morgan fingerprint density at radius 1 is 1.19 bits per heavy atom. The lowest BCUT2D eigenvalue weighted by molar-refractivity contribution is -0.137. The molecule has 142 valence electrons. The second kappa shape index (κ2) is 8.68. The van der Waals surface area contributed by atoms with Gasteiger partial charge in [0.25, 0.3) is 5.91 Å². The molecule has 1 heterocycles. The molecule has 1 unspecified atom stereocenters. The number of aromatic nitrogens is 1. The molecule has 0 aliphatic heterocycles. The molecule has 0 fully saturated rings. The van der Waals surface area contributed by atoms with Crippen molar-refractivity contribution in [1.29, 1.82) is 0 Å². The van der Waals surface area contributed by atoms with Crippen LogP contribution in [0.2, 0.25) is 5.02 Å². The van der Waals surface area contributed by atoms with Gasteiger partial charge in [-0.3, -0.25) is 4.79 Å². The Kier molecular flexibility index (Phi) is 6.58. The average Bonchev–Trinajstić information content (AvgIpc) is 2.60. The van der Waals surface area contributed by atoms with Crippen LogP contribution in [-0.4, -0.2) is 28.0 Å². The third kappa shape index (κ3) is 6.75. The lowest BCUT2D eigenvalue weighted by Gasteiger charge is -2.15. The number of amides is 1. The number of carbonyl (C=O) groups is 2. The summed E-state index contributed by atoms with van der Waals surface area (Å²) in [5.41, 5.74) is 0.0366. The van der Waals surface area contributed by atoms with Crippen molar-refractivity contribution in [2.75, 3.05) is 0 Å². The van der Waals surface area contributed by atoms with E-state index < -0.39 is 17.9 Å². The van der Waals surface area contributed by atoms with Gasteiger partial charge in [-0.25, -0.2) is 9.78 Å². The molecular formula is C20H21ClN2O4. The maximum Gasteiger partial charge on any atom is 0.330 e. The van der Waals surface area contributed by atoms with Gasteiger partial charge in [0.05, 0.1) is 5.56 Å². The number of nitrogens with one attached hydrogen (secondary N) is 1. The van der Waals surface area contributed by atoms with E-state index in [1.165, 1.54) is 24.4 Å². The lowest BCUT2D eigenvalue weighted by Crippen LogP contribution is -2.39. The van der Waals surface area contributed by atoms with Crippen LogP contribution in [0.3, 0.4) is 0 Å². The Hall–Kier alpha value is -2.86. The van der Waals surface area contributed by atoms with Crippen LogP contribution in [0.25, 0.3) is 0 Å². The number of rotatable bonds is 6. The van der Waals surface area contributed by atoms with Crippen molar-refractivity contribution in [2.45, 2.75) is 26.8 Å². The Labute approximate surface area is 162 Å². The highest BCUT2D eigenvalue weighted by molar-refractivity contribution is 6.30. The summed E-state index contributed by atoms with van der Waals surface area (Å²) in [4.78, 5) is 27.7. The molecule has 1 amide bonds. The average molecular weight is 389 g/mol. The smallest absolute Gasteiger partial charge is 0.330 e. The van der Waals surface area contributed by atoms with Gasteiger partial charge < -0.3 is 15.2 Å². The van der Waals surface area contributed by atoms with Crippen molar-refractivity contribution in [3.05, 3.63) is 65.3 Å². The molecule has 0 saturated heterocycles. The van der Waals surface area contributed by atoms with Crippen molar-refractivity contribution < 1.29 is 19.4 Å². The zero-order valence-electron chi connectivity index (χ0n) is 15.3. The molecule has 0 spiro atoms. The number of carbonyl (C=O) groups excluding carboxylic acids is 1. The Bertz CT molecular complexity index is 825. The zero-order valence-corrected chi connectivity index (χ0v) is 16.0. The minimum Gasteiger partial charge on any atom is -0.479 e. The zero-order chi connectivity index (χ0) is 20.0. The summed E-state index contributed by atoms with van der Waals surface area (Å²) < 4.78 is 5.56. The maximum absolute atomic E-state index is 12.3. The number of allylic oxidation sites excluding steroid dienone is 1. The standard InChI is InChI=1S/C20H21ClN2O4/c1-20(2,3)11-10-16(19(25)26)23-18(24)13-4-9-17(22-12-13)27-15-7-5-14(21)6-8-15/h4-12,16H,1-3H3,(H,23,24)(H,25,26)/b11-10+. The molecule has 0 aliphatic rings. The summed E-state index contributed by atoms with van der Waals surface area (Å²) >= 11 is 5.82. The number of ether oxygens (including phenoxy) is 1. The van der Waals surface area contributed by atoms with E-state index in [0.29, 0.717) is 16.7 Å². The molecule has 1 aromatic heterocycles. The predicted octanol–water partition coefficient (Wildman–Crippen LogP) is 4.31. The molecule has 2 aromatic rings. The van der Waals surface area contributed by atoms with Crippen LogP contribution >= 0.6 is 11.6 Å². The highest BCUT2D eigenvalue weighted by Gasteiger charge is 2.19. The van der Waals surface area contributed by atoms with E-state index in [-0.39, 0.29) is 11.0 Å². The molecule has 0 aliphatic carbocycles. The second-order valence-corrected chi connectivity index (χ2v) is 7.39. The molecule has 2 N–H and O–H groups in total. The molecule has 2 rings (SSSR count). The summed E-state index contributed by atoms with van der Waals surface area (Å²) in [6, 6.07) is 8.70. The maximum atomic E-state index is 12.3. The van der Waals surface area contributed by atoms with Gasteiger partial charge in [0, 0.05) is 17.3 Å². The van der Waals surface area contributed by atoms with E-state index in [9.17, 15) is 14.7 Å². The summed E-state index contributed by atoms with van der Waals surface area (Å²) in [5, 5.41) is 12.3. The first-order valence-electron chi connectivity index (χ1n) is 8.26. The first-order valence-corrected chi connectivity index (χ1v) is 8.64. The fourth-order valence-electron chi connectivity index (χ4n) is 2.00. The number of halogens is 1. The highest BCUT2D eigenvalue weighted by Crippen LogP contribution is 2.21. The van der Waals surface area contributed by atoms with Gasteiger partial charge in [0.15, 0.2) is 0 Å². The van der Waals surface area contributed by atoms with Crippen LogP contribution in [0.5, 0.6) is 11.6 Å². The summed E-state index contributed by atoms with van der Waals surface area (Å²) in [6.07, 6.45) is 4.53. The van der Waals surface area contributed by atoms with E-state index in [1.54, 1.807) is 30.3 Å². The van der Waals surface area contributed by atoms with Crippen molar-refractivity contribution >= 4 is 23.5 Å². The number of pyridine rings is 1. The van der Waals surface area contributed by atoms with E-state index in [1.807, 2.05) is 20.8 Å². The molecule has 0 radical (unpaired) electrons. The van der Waals surface area contributed by atoms with Gasteiger partial charge in [0.1, 0.15) is 11.8 Å². The number of aliphatic carboxylic acids is 1. The van der Waals surface area contributed by atoms with Gasteiger partial charge in [-0.15, -0.1) is 0 Å². The summed E-state index contributed by atoms with van der Waals surface area (Å²) in [5.74, 6) is -0.815. The third-order valence-corrected chi connectivity index (χ3v) is 3.63. The first-order chi connectivity index (χ1) is 12.6. The van der Waals surface area contributed by atoms with Gasteiger partial charge in [0.2, 0.25) is 5.88 Å². The number of carboxylic acids is 1. The SMILES string of the molecule is CC(C)(C)/C=C/C(NC(=O)c1ccc(Oc2ccc(Cl)cc2)nc1)C(=O)O. The van der Waals surface area contributed by atoms with Gasteiger partial charge >= 0.3 is 5.97 Å². The summed E-state index contributed by atoms with van der Waals surface area (Å²) in [6.45, 7) is 5.81. The topological polar surface area (TPSA) is 88.5 Å². The molecule has 1 aromatic carbocycles. The van der Waals surface area contributed by atoms with Crippen LogP contribution in [0, 0.1) is 5.41 Å². The van der Waals surface area contributed by atoms with Crippen LogP contribution in [0.1, 0.15) is 31.1 Å².